The molecule has 5 nitrogen and oxygen atoms in total. The van der Waals surface area contributed by atoms with Crippen molar-refractivity contribution in [1.82, 2.24) is 14.5 Å². The van der Waals surface area contributed by atoms with Gasteiger partial charge in [-0.25, -0.2) is 8.42 Å². The summed E-state index contributed by atoms with van der Waals surface area (Å²) < 4.78 is 25.5. The van der Waals surface area contributed by atoms with Crippen molar-refractivity contribution in [3.05, 3.63) is 12.4 Å². The van der Waals surface area contributed by atoms with E-state index in [0.717, 1.165) is 12.8 Å². The van der Waals surface area contributed by atoms with Gasteiger partial charge in [0.25, 0.3) is 0 Å². The van der Waals surface area contributed by atoms with Gasteiger partial charge in [0.1, 0.15) is 4.90 Å². The zero-order valence-electron chi connectivity index (χ0n) is 7.97. The first-order valence-corrected chi connectivity index (χ1v) is 6.07. The van der Waals surface area contributed by atoms with E-state index in [1.165, 1.54) is 16.7 Å². The molecule has 1 N–H and O–H groups in total. The summed E-state index contributed by atoms with van der Waals surface area (Å²) in [5.74, 6) is 0. The Labute approximate surface area is 83.2 Å². The molecule has 1 aromatic heterocycles. The number of H-pyrrole nitrogens is 1. The molecule has 1 aromatic rings. The number of hydrogen-bond donors (Lipinski definition) is 1. The predicted octanol–water partition coefficient (Wildman–Crippen LogP) is 0.583. The summed E-state index contributed by atoms with van der Waals surface area (Å²) in [5.41, 5.74) is 0. The van der Waals surface area contributed by atoms with E-state index in [1.54, 1.807) is 0 Å². The first-order valence-electron chi connectivity index (χ1n) is 4.63. The minimum Gasteiger partial charge on any atom is -0.284 e. The summed E-state index contributed by atoms with van der Waals surface area (Å²) in [6.45, 7) is 2.55. The summed E-state index contributed by atoms with van der Waals surface area (Å²) >= 11 is 0. The zero-order valence-corrected chi connectivity index (χ0v) is 8.79. The van der Waals surface area contributed by atoms with E-state index < -0.39 is 10.0 Å². The van der Waals surface area contributed by atoms with Gasteiger partial charge in [-0.05, 0) is 19.8 Å². The smallest absolute Gasteiger partial charge is 0.246 e. The fourth-order valence-corrected chi connectivity index (χ4v) is 3.39. The lowest BCUT2D eigenvalue weighted by molar-refractivity contribution is 0.408. The molecular weight excluding hydrogens is 202 g/mol. The highest BCUT2D eigenvalue weighted by Gasteiger charge is 2.32. The van der Waals surface area contributed by atoms with Gasteiger partial charge >= 0.3 is 0 Å². The molecule has 1 unspecified atom stereocenters. The number of aromatic amines is 1. The summed E-state index contributed by atoms with van der Waals surface area (Å²) in [5, 5.41) is 6.17. The van der Waals surface area contributed by atoms with Crippen LogP contribution in [-0.4, -0.2) is 35.5 Å². The first-order chi connectivity index (χ1) is 6.62. The van der Waals surface area contributed by atoms with Gasteiger partial charge in [0.15, 0.2) is 0 Å². The molecule has 0 aliphatic carbocycles. The highest BCUT2D eigenvalue weighted by atomic mass is 32.2. The molecule has 0 bridgehead atoms. The fourth-order valence-electron chi connectivity index (χ4n) is 1.78. The van der Waals surface area contributed by atoms with Crippen molar-refractivity contribution in [2.45, 2.75) is 30.7 Å². The molecular formula is C8H13N3O2S. The van der Waals surface area contributed by atoms with Crippen LogP contribution in [0.4, 0.5) is 0 Å². The minimum atomic E-state index is -3.30. The molecule has 0 radical (unpaired) electrons. The van der Waals surface area contributed by atoms with Crippen LogP contribution in [0.15, 0.2) is 17.3 Å². The molecule has 1 aliphatic rings. The van der Waals surface area contributed by atoms with Gasteiger partial charge in [0.2, 0.25) is 10.0 Å². The van der Waals surface area contributed by atoms with E-state index in [2.05, 4.69) is 10.2 Å². The van der Waals surface area contributed by atoms with E-state index in [0.29, 0.717) is 6.54 Å². The van der Waals surface area contributed by atoms with Gasteiger partial charge in [-0.15, -0.1) is 0 Å². The van der Waals surface area contributed by atoms with Gasteiger partial charge in [-0.3, -0.25) is 5.10 Å². The lowest BCUT2D eigenvalue weighted by atomic mass is 10.3. The third-order valence-corrected chi connectivity index (χ3v) is 4.55. The molecule has 2 rings (SSSR count). The Balaban J connectivity index is 2.33. The van der Waals surface area contributed by atoms with Crippen molar-refractivity contribution in [2.75, 3.05) is 6.54 Å². The van der Waals surface area contributed by atoms with Crippen molar-refractivity contribution in [3.8, 4) is 0 Å². The maximum absolute atomic E-state index is 12.0. The van der Waals surface area contributed by atoms with E-state index in [1.807, 2.05) is 6.92 Å². The van der Waals surface area contributed by atoms with Crippen LogP contribution in [0.2, 0.25) is 0 Å². The minimum absolute atomic E-state index is 0.106. The Morgan fingerprint density at radius 2 is 2.43 bits per heavy atom. The topological polar surface area (TPSA) is 66.1 Å². The van der Waals surface area contributed by atoms with Gasteiger partial charge in [0, 0.05) is 18.8 Å². The quantitative estimate of drug-likeness (QED) is 0.785. The van der Waals surface area contributed by atoms with Crippen molar-refractivity contribution in [1.29, 1.82) is 0 Å². The van der Waals surface area contributed by atoms with Crippen LogP contribution in [-0.2, 0) is 10.0 Å². The van der Waals surface area contributed by atoms with Crippen LogP contribution in [0.5, 0.6) is 0 Å². The van der Waals surface area contributed by atoms with Crippen LogP contribution < -0.4 is 0 Å². The molecule has 1 aliphatic heterocycles. The fraction of sp³-hybridized carbons (Fsp3) is 0.625. The standard InChI is InChI=1S/C8H13N3O2S/c1-7-3-2-4-11(7)14(12,13)8-5-9-10-6-8/h5-7H,2-4H2,1H3,(H,9,10). The van der Waals surface area contributed by atoms with Gasteiger partial charge in [-0.1, -0.05) is 0 Å². The lowest BCUT2D eigenvalue weighted by Crippen LogP contribution is -2.33. The number of sulfonamides is 1. The Hall–Kier alpha value is -0.880. The average Bonchev–Trinajstić information content (AvgIpc) is 2.72. The molecule has 2 heterocycles. The molecule has 1 atom stereocenters. The monoisotopic (exact) mass is 215 g/mol. The van der Waals surface area contributed by atoms with E-state index in [4.69, 9.17) is 0 Å². The van der Waals surface area contributed by atoms with Gasteiger partial charge in [0.05, 0.1) is 6.20 Å². The molecule has 0 aromatic carbocycles. The first kappa shape index (κ1) is 9.67. The van der Waals surface area contributed by atoms with Crippen molar-refractivity contribution < 1.29 is 8.42 Å². The average molecular weight is 215 g/mol. The second-order valence-corrected chi connectivity index (χ2v) is 5.43. The lowest BCUT2D eigenvalue weighted by Gasteiger charge is -2.19. The van der Waals surface area contributed by atoms with Crippen molar-refractivity contribution in [2.24, 2.45) is 0 Å². The Morgan fingerprint density at radius 3 is 2.93 bits per heavy atom. The number of nitrogens with zero attached hydrogens (tertiary/aromatic N) is 2. The van der Waals surface area contributed by atoms with E-state index in [9.17, 15) is 8.42 Å². The van der Waals surface area contributed by atoms with Crippen LogP contribution in [0.3, 0.4) is 0 Å². The molecule has 1 fully saturated rings. The summed E-state index contributed by atoms with van der Waals surface area (Å²) in [7, 11) is -3.30. The van der Waals surface area contributed by atoms with Crippen LogP contribution in [0, 0.1) is 0 Å². The largest absolute Gasteiger partial charge is 0.284 e. The molecule has 0 spiro atoms. The SMILES string of the molecule is CC1CCCN1S(=O)(=O)c1cn[nH]c1. The maximum Gasteiger partial charge on any atom is 0.246 e. The molecule has 0 saturated carbocycles. The second kappa shape index (κ2) is 3.36. The highest BCUT2D eigenvalue weighted by molar-refractivity contribution is 7.89. The third-order valence-electron chi connectivity index (χ3n) is 2.57. The molecule has 6 heteroatoms. The highest BCUT2D eigenvalue weighted by Crippen LogP contribution is 2.24. The number of nitrogens with one attached hydrogen (secondary N) is 1. The van der Waals surface area contributed by atoms with Crippen LogP contribution in [0.25, 0.3) is 0 Å². The van der Waals surface area contributed by atoms with Gasteiger partial charge < -0.3 is 0 Å². The number of hydrogen-bond acceptors (Lipinski definition) is 3. The predicted molar refractivity (Wildman–Crippen MR) is 51.2 cm³/mol. The molecule has 14 heavy (non-hydrogen) atoms. The zero-order chi connectivity index (χ0) is 10.2. The maximum atomic E-state index is 12.0. The second-order valence-electron chi connectivity index (χ2n) is 3.54. The molecule has 1 saturated heterocycles. The van der Waals surface area contributed by atoms with E-state index >= 15 is 0 Å². The van der Waals surface area contributed by atoms with Gasteiger partial charge in [-0.2, -0.15) is 9.40 Å². The van der Waals surface area contributed by atoms with Crippen molar-refractivity contribution >= 4 is 10.0 Å². The van der Waals surface area contributed by atoms with Crippen LogP contribution in [0.1, 0.15) is 19.8 Å². The molecule has 0 amide bonds. The molecule has 78 valence electrons. The van der Waals surface area contributed by atoms with E-state index in [-0.39, 0.29) is 10.9 Å². The summed E-state index contributed by atoms with van der Waals surface area (Å²) in [6, 6.07) is 0.106. The third kappa shape index (κ3) is 1.44. The normalized spacial score (nSPS) is 24.2. The Kier molecular flexibility index (Phi) is 2.32. The van der Waals surface area contributed by atoms with Crippen LogP contribution >= 0.6 is 0 Å². The van der Waals surface area contributed by atoms with Crippen molar-refractivity contribution in [3.63, 3.8) is 0 Å². The summed E-state index contributed by atoms with van der Waals surface area (Å²) in [6.07, 6.45) is 4.65. The summed E-state index contributed by atoms with van der Waals surface area (Å²) in [4.78, 5) is 0.256. The Bertz CT molecular complexity index is 398. The number of rotatable bonds is 2. The Morgan fingerprint density at radius 1 is 1.64 bits per heavy atom. The number of aromatic nitrogens is 2.